The largest absolute Gasteiger partial charge is 0.465 e. The van der Waals surface area contributed by atoms with E-state index >= 15 is 0 Å². The Bertz CT molecular complexity index is 844. The third-order valence-corrected chi connectivity index (χ3v) is 5.09. The quantitative estimate of drug-likeness (QED) is 0.758. The molecule has 1 amide bonds. The fraction of sp³-hybridized carbons (Fsp3) is 0.438. The van der Waals surface area contributed by atoms with Crippen LogP contribution in [0.4, 0.5) is 4.79 Å². The van der Waals surface area contributed by atoms with Crippen molar-refractivity contribution in [1.82, 2.24) is 14.5 Å². The summed E-state index contributed by atoms with van der Waals surface area (Å²) in [7, 11) is 0. The van der Waals surface area contributed by atoms with Gasteiger partial charge in [0.25, 0.3) is 5.56 Å². The van der Waals surface area contributed by atoms with Crippen LogP contribution < -0.4 is 5.56 Å². The summed E-state index contributed by atoms with van der Waals surface area (Å²) in [4.78, 5) is 30.1. The van der Waals surface area contributed by atoms with Crippen molar-refractivity contribution in [1.29, 1.82) is 0 Å². The molecule has 0 radical (unpaired) electrons. The second-order valence-corrected chi connectivity index (χ2v) is 7.68. The maximum Gasteiger partial charge on any atom is 0.407 e. The van der Waals surface area contributed by atoms with Crippen LogP contribution in [0.15, 0.2) is 23.0 Å². The molecule has 0 aliphatic carbocycles. The van der Waals surface area contributed by atoms with Crippen molar-refractivity contribution in [3.63, 3.8) is 0 Å². The Morgan fingerprint density at radius 2 is 2.08 bits per heavy atom. The molecule has 24 heavy (non-hydrogen) atoms. The zero-order valence-electron chi connectivity index (χ0n) is 13.1. The minimum absolute atomic E-state index is 0.0868. The molecule has 2 aromatic rings. The number of rotatable bonds is 2. The van der Waals surface area contributed by atoms with Crippen molar-refractivity contribution < 1.29 is 9.90 Å². The molecule has 2 heterocycles. The van der Waals surface area contributed by atoms with Gasteiger partial charge in [-0.3, -0.25) is 9.36 Å². The van der Waals surface area contributed by atoms with Crippen LogP contribution in [0.1, 0.15) is 36.5 Å². The van der Waals surface area contributed by atoms with Gasteiger partial charge in [0.1, 0.15) is 5.82 Å². The molecule has 128 valence electrons. The van der Waals surface area contributed by atoms with E-state index in [1.54, 1.807) is 22.8 Å². The summed E-state index contributed by atoms with van der Waals surface area (Å²) in [5, 5.41) is 9.89. The Morgan fingerprint density at radius 3 is 2.67 bits per heavy atom. The van der Waals surface area contributed by atoms with Crippen LogP contribution in [0.25, 0.3) is 10.9 Å². The van der Waals surface area contributed by atoms with Crippen LogP contribution in [0.3, 0.4) is 0 Å². The van der Waals surface area contributed by atoms with Gasteiger partial charge in [-0.05, 0) is 31.9 Å². The van der Waals surface area contributed by atoms with E-state index in [1.165, 1.54) is 4.90 Å². The van der Waals surface area contributed by atoms with Crippen LogP contribution in [0.2, 0.25) is 5.02 Å². The first kappa shape index (κ1) is 17.2. The van der Waals surface area contributed by atoms with E-state index in [2.05, 4.69) is 20.9 Å². The number of likely N-dealkylation sites (tertiary alicyclic amines) is 1. The lowest BCUT2D eigenvalue weighted by Gasteiger charge is -2.32. The average molecular weight is 415 g/mol. The number of carboxylic acid groups (broad SMARTS) is 1. The highest BCUT2D eigenvalue weighted by Gasteiger charge is 2.28. The third-order valence-electron chi connectivity index (χ3n) is 4.36. The number of nitrogens with zero attached hydrogens (tertiary/aromatic N) is 3. The molecular formula is C16H17BrClN3O3. The molecule has 0 bridgehead atoms. The SMILES string of the molecule is CC(Br)c1nc2cccc(Cl)c2c(=O)n1C1CCN(C(=O)O)CC1. The minimum atomic E-state index is -0.922. The topological polar surface area (TPSA) is 75.4 Å². The van der Waals surface area contributed by atoms with Crippen LogP contribution in [0.5, 0.6) is 0 Å². The molecule has 1 N–H and O–H groups in total. The van der Waals surface area contributed by atoms with E-state index in [9.17, 15) is 9.59 Å². The Balaban J connectivity index is 2.11. The van der Waals surface area contributed by atoms with Crippen LogP contribution in [0, 0.1) is 0 Å². The molecule has 6 nitrogen and oxygen atoms in total. The fourth-order valence-electron chi connectivity index (χ4n) is 3.17. The van der Waals surface area contributed by atoms with Gasteiger partial charge in [0, 0.05) is 19.1 Å². The highest BCUT2D eigenvalue weighted by atomic mass is 79.9. The van der Waals surface area contributed by atoms with Gasteiger partial charge in [-0.1, -0.05) is 33.6 Å². The van der Waals surface area contributed by atoms with Gasteiger partial charge in [0.05, 0.1) is 20.8 Å². The molecule has 1 aromatic heterocycles. The molecule has 0 spiro atoms. The van der Waals surface area contributed by atoms with E-state index in [0.717, 1.165) is 0 Å². The number of halogens is 2. The predicted molar refractivity (Wildman–Crippen MR) is 96.2 cm³/mol. The van der Waals surface area contributed by atoms with Gasteiger partial charge in [0.15, 0.2) is 0 Å². The number of hydrogen-bond acceptors (Lipinski definition) is 3. The summed E-state index contributed by atoms with van der Waals surface area (Å²) < 4.78 is 1.69. The van der Waals surface area contributed by atoms with Gasteiger partial charge >= 0.3 is 6.09 Å². The maximum atomic E-state index is 13.1. The lowest BCUT2D eigenvalue weighted by molar-refractivity contribution is 0.124. The molecule has 1 fully saturated rings. The molecule has 0 saturated carbocycles. The van der Waals surface area contributed by atoms with E-state index in [0.29, 0.717) is 47.7 Å². The Labute approximate surface area is 152 Å². The number of aromatic nitrogens is 2. The number of alkyl halides is 1. The monoisotopic (exact) mass is 413 g/mol. The molecular weight excluding hydrogens is 398 g/mol. The van der Waals surface area contributed by atoms with Crippen molar-refractivity contribution in [2.75, 3.05) is 13.1 Å². The zero-order valence-corrected chi connectivity index (χ0v) is 15.4. The summed E-state index contributed by atoms with van der Waals surface area (Å²) in [6.07, 6.45) is 0.238. The van der Waals surface area contributed by atoms with Crippen LogP contribution in [-0.4, -0.2) is 38.7 Å². The molecule has 1 atom stereocenters. The van der Waals surface area contributed by atoms with Crippen molar-refractivity contribution in [2.24, 2.45) is 0 Å². The summed E-state index contributed by atoms with van der Waals surface area (Å²) >= 11 is 9.73. The first-order chi connectivity index (χ1) is 11.4. The second-order valence-electron chi connectivity index (χ2n) is 5.90. The van der Waals surface area contributed by atoms with Gasteiger partial charge < -0.3 is 10.0 Å². The van der Waals surface area contributed by atoms with Crippen LogP contribution >= 0.6 is 27.5 Å². The van der Waals surface area contributed by atoms with E-state index in [4.69, 9.17) is 16.7 Å². The van der Waals surface area contributed by atoms with E-state index < -0.39 is 6.09 Å². The zero-order chi connectivity index (χ0) is 17.4. The molecule has 1 saturated heterocycles. The number of carbonyl (C=O) groups is 1. The standard InChI is InChI=1S/C16H17BrClN3O3/c1-9(17)14-19-12-4-2-3-11(18)13(12)15(22)21(14)10-5-7-20(8-6-10)16(23)24/h2-4,9-10H,5-8H2,1H3,(H,23,24). The maximum absolute atomic E-state index is 13.1. The summed E-state index contributed by atoms with van der Waals surface area (Å²) in [5.74, 6) is 0.642. The van der Waals surface area contributed by atoms with Crippen LogP contribution in [-0.2, 0) is 0 Å². The molecule has 1 unspecified atom stereocenters. The van der Waals surface area contributed by atoms with Crippen molar-refractivity contribution in [3.05, 3.63) is 39.4 Å². The van der Waals surface area contributed by atoms with Crippen molar-refractivity contribution in [2.45, 2.75) is 30.6 Å². The lowest BCUT2D eigenvalue weighted by Crippen LogP contribution is -2.41. The van der Waals surface area contributed by atoms with E-state index in [1.807, 2.05) is 6.92 Å². The molecule has 1 aliphatic heterocycles. The van der Waals surface area contributed by atoms with Crippen molar-refractivity contribution in [3.8, 4) is 0 Å². The Hall–Kier alpha value is -1.60. The first-order valence-electron chi connectivity index (χ1n) is 7.72. The number of piperidine rings is 1. The van der Waals surface area contributed by atoms with Crippen molar-refractivity contribution >= 4 is 44.5 Å². The van der Waals surface area contributed by atoms with Gasteiger partial charge in [0.2, 0.25) is 0 Å². The Morgan fingerprint density at radius 1 is 1.42 bits per heavy atom. The molecule has 1 aliphatic rings. The third kappa shape index (κ3) is 3.02. The number of fused-ring (bicyclic) bond motifs is 1. The summed E-state index contributed by atoms with van der Waals surface area (Å²) in [5.41, 5.74) is 0.411. The smallest absolute Gasteiger partial charge is 0.407 e. The van der Waals surface area contributed by atoms with Gasteiger partial charge in [-0.2, -0.15) is 0 Å². The second kappa shape index (κ2) is 6.72. The predicted octanol–water partition coefficient (Wildman–Crippen LogP) is 3.82. The number of amides is 1. The summed E-state index contributed by atoms with van der Waals surface area (Å²) in [6.45, 7) is 2.73. The van der Waals surface area contributed by atoms with Gasteiger partial charge in [-0.25, -0.2) is 9.78 Å². The fourth-order valence-corrected chi connectivity index (χ4v) is 3.74. The number of benzene rings is 1. The molecule has 1 aromatic carbocycles. The Kier molecular flexibility index (Phi) is 4.83. The number of hydrogen-bond donors (Lipinski definition) is 1. The van der Waals surface area contributed by atoms with Gasteiger partial charge in [-0.15, -0.1) is 0 Å². The lowest BCUT2D eigenvalue weighted by atomic mass is 10.0. The molecule has 3 rings (SSSR count). The van der Waals surface area contributed by atoms with E-state index in [-0.39, 0.29) is 16.4 Å². The summed E-state index contributed by atoms with van der Waals surface area (Å²) in [6, 6.07) is 5.15. The first-order valence-corrected chi connectivity index (χ1v) is 9.02. The minimum Gasteiger partial charge on any atom is -0.465 e. The average Bonchev–Trinajstić information content (AvgIpc) is 2.54. The normalized spacial score (nSPS) is 17.2. The molecule has 8 heteroatoms. The highest BCUT2D eigenvalue weighted by Crippen LogP contribution is 2.29. The highest BCUT2D eigenvalue weighted by molar-refractivity contribution is 9.09.